The molecule has 0 fully saturated rings. The third-order valence-electron chi connectivity index (χ3n) is 2.94. The maximum atomic E-state index is 5.60. The first-order valence-corrected chi connectivity index (χ1v) is 6.80. The first-order valence-electron chi connectivity index (χ1n) is 5.92. The van der Waals surface area contributed by atoms with Crippen molar-refractivity contribution in [2.45, 2.75) is 33.1 Å². The summed E-state index contributed by atoms with van der Waals surface area (Å²) in [4.78, 5) is 1.49. The molecule has 0 aliphatic heterocycles. The predicted molar refractivity (Wildman–Crippen MR) is 73.2 cm³/mol. The standard InChI is InChI=1S/C13H24N2S/c1-10(7-14)8-15-9-13(3,4)12-11(2)5-6-16-12/h5-6,10,15H,7-9,14H2,1-4H3. The third-order valence-corrected chi connectivity index (χ3v) is 4.32. The van der Waals surface area contributed by atoms with E-state index in [0.717, 1.165) is 19.6 Å². The first kappa shape index (κ1) is 13.7. The van der Waals surface area contributed by atoms with Crippen molar-refractivity contribution < 1.29 is 0 Å². The Bertz CT molecular complexity index is 317. The van der Waals surface area contributed by atoms with Crippen LogP contribution in [-0.2, 0) is 5.41 Å². The molecule has 0 spiro atoms. The van der Waals surface area contributed by atoms with Gasteiger partial charge < -0.3 is 11.1 Å². The molecule has 1 rings (SSSR count). The van der Waals surface area contributed by atoms with Crippen molar-refractivity contribution in [1.82, 2.24) is 5.32 Å². The zero-order chi connectivity index (χ0) is 12.2. The topological polar surface area (TPSA) is 38.0 Å². The Hall–Kier alpha value is -0.380. The highest BCUT2D eigenvalue weighted by Gasteiger charge is 2.23. The molecule has 0 aliphatic rings. The van der Waals surface area contributed by atoms with Gasteiger partial charge >= 0.3 is 0 Å². The highest BCUT2D eigenvalue weighted by molar-refractivity contribution is 7.10. The van der Waals surface area contributed by atoms with Crippen molar-refractivity contribution in [3.8, 4) is 0 Å². The number of hydrogen-bond acceptors (Lipinski definition) is 3. The number of hydrogen-bond donors (Lipinski definition) is 2. The van der Waals surface area contributed by atoms with Crippen LogP contribution in [-0.4, -0.2) is 19.6 Å². The van der Waals surface area contributed by atoms with Crippen molar-refractivity contribution in [2.75, 3.05) is 19.6 Å². The molecule has 3 heteroatoms. The van der Waals surface area contributed by atoms with Crippen LogP contribution in [0.4, 0.5) is 0 Å². The van der Waals surface area contributed by atoms with E-state index in [-0.39, 0.29) is 5.41 Å². The summed E-state index contributed by atoms with van der Waals surface area (Å²) in [5.74, 6) is 0.556. The van der Waals surface area contributed by atoms with Gasteiger partial charge in [0.05, 0.1) is 0 Å². The number of aryl methyl sites for hydroxylation is 1. The van der Waals surface area contributed by atoms with E-state index >= 15 is 0 Å². The van der Waals surface area contributed by atoms with E-state index in [0.29, 0.717) is 5.92 Å². The molecule has 1 aromatic heterocycles. The van der Waals surface area contributed by atoms with Crippen LogP contribution in [0.2, 0.25) is 0 Å². The highest BCUT2D eigenvalue weighted by Crippen LogP contribution is 2.30. The number of thiophene rings is 1. The molecule has 0 saturated carbocycles. The minimum Gasteiger partial charge on any atom is -0.330 e. The molecular formula is C13H24N2S. The number of rotatable bonds is 6. The molecule has 2 nitrogen and oxygen atoms in total. The molecule has 0 aliphatic carbocycles. The lowest BCUT2D eigenvalue weighted by atomic mass is 9.89. The minimum atomic E-state index is 0.215. The largest absolute Gasteiger partial charge is 0.330 e. The summed E-state index contributed by atoms with van der Waals surface area (Å²) in [7, 11) is 0. The molecule has 16 heavy (non-hydrogen) atoms. The van der Waals surface area contributed by atoms with Gasteiger partial charge in [-0.1, -0.05) is 20.8 Å². The number of nitrogens with two attached hydrogens (primary N) is 1. The lowest BCUT2D eigenvalue weighted by Crippen LogP contribution is -2.36. The summed E-state index contributed by atoms with van der Waals surface area (Å²) in [6.45, 7) is 11.7. The molecule has 1 heterocycles. The van der Waals surface area contributed by atoms with Crippen LogP contribution < -0.4 is 11.1 Å². The Morgan fingerprint density at radius 3 is 2.69 bits per heavy atom. The zero-order valence-electron chi connectivity index (χ0n) is 10.8. The van der Waals surface area contributed by atoms with E-state index in [1.807, 2.05) is 11.3 Å². The van der Waals surface area contributed by atoms with Gasteiger partial charge in [-0.25, -0.2) is 0 Å². The summed E-state index contributed by atoms with van der Waals surface area (Å²) in [5, 5.41) is 5.69. The first-order chi connectivity index (χ1) is 7.47. The van der Waals surface area contributed by atoms with Gasteiger partial charge in [-0.2, -0.15) is 0 Å². The fourth-order valence-corrected chi connectivity index (χ4v) is 2.91. The van der Waals surface area contributed by atoms with E-state index in [1.165, 1.54) is 10.4 Å². The molecule has 1 unspecified atom stereocenters. The Kier molecular flexibility index (Phi) is 4.96. The second-order valence-electron chi connectivity index (χ2n) is 5.29. The van der Waals surface area contributed by atoms with Crippen molar-refractivity contribution >= 4 is 11.3 Å². The highest BCUT2D eigenvalue weighted by atomic mass is 32.1. The van der Waals surface area contributed by atoms with Gasteiger partial charge in [0.15, 0.2) is 0 Å². The average molecular weight is 240 g/mol. The van der Waals surface area contributed by atoms with E-state index in [1.54, 1.807) is 0 Å². The molecule has 0 radical (unpaired) electrons. The fraction of sp³-hybridized carbons (Fsp3) is 0.692. The van der Waals surface area contributed by atoms with Crippen LogP contribution in [0, 0.1) is 12.8 Å². The zero-order valence-corrected chi connectivity index (χ0v) is 11.7. The Morgan fingerprint density at radius 2 is 2.19 bits per heavy atom. The van der Waals surface area contributed by atoms with Crippen molar-refractivity contribution in [3.63, 3.8) is 0 Å². The molecule has 92 valence electrons. The van der Waals surface area contributed by atoms with Crippen LogP contribution in [0.1, 0.15) is 31.2 Å². The maximum Gasteiger partial charge on any atom is 0.0143 e. The van der Waals surface area contributed by atoms with Crippen LogP contribution >= 0.6 is 11.3 Å². The second-order valence-corrected chi connectivity index (χ2v) is 6.20. The maximum absolute atomic E-state index is 5.60. The van der Waals surface area contributed by atoms with Crippen molar-refractivity contribution in [3.05, 3.63) is 21.9 Å². The van der Waals surface area contributed by atoms with Gasteiger partial charge in [-0.15, -0.1) is 11.3 Å². The Morgan fingerprint density at radius 1 is 1.50 bits per heavy atom. The van der Waals surface area contributed by atoms with Crippen LogP contribution in [0.5, 0.6) is 0 Å². The van der Waals surface area contributed by atoms with Gasteiger partial charge in [0.25, 0.3) is 0 Å². The monoisotopic (exact) mass is 240 g/mol. The fourth-order valence-electron chi connectivity index (χ4n) is 1.86. The molecule has 0 saturated heterocycles. The Balaban J connectivity index is 2.49. The van der Waals surface area contributed by atoms with E-state index in [9.17, 15) is 0 Å². The molecule has 0 aromatic carbocycles. The SMILES string of the molecule is Cc1ccsc1C(C)(C)CNCC(C)CN. The van der Waals surface area contributed by atoms with Crippen molar-refractivity contribution in [2.24, 2.45) is 11.7 Å². The molecular weight excluding hydrogens is 216 g/mol. The molecule has 1 atom stereocenters. The summed E-state index contributed by atoms with van der Waals surface area (Å²) >= 11 is 1.86. The minimum absolute atomic E-state index is 0.215. The average Bonchev–Trinajstić information content (AvgIpc) is 2.64. The Labute approximate surface area is 103 Å². The van der Waals surface area contributed by atoms with Gasteiger partial charge in [0, 0.05) is 16.8 Å². The molecule has 0 amide bonds. The van der Waals surface area contributed by atoms with E-state index in [2.05, 4.69) is 44.5 Å². The smallest absolute Gasteiger partial charge is 0.0143 e. The van der Waals surface area contributed by atoms with Gasteiger partial charge in [0.2, 0.25) is 0 Å². The van der Waals surface area contributed by atoms with Gasteiger partial charge in [0.1, 0.15) is 0 Å². The summed E-state index contributed by atoms with van der Waals surface area (Å²) in [6, 6.07) is 2.20. The quantitative estimate of drug-likeness (QED) is 0.802. The lowest BCUT2D eigenvalue weighted by molar-refractivity contribution is 0.438. The second kappa shape index (κ2) is 5.80. The summed E-state index contributed by atoms with van der Waals surface area (Å²) in [6.07, 6.45) is 0. The van der Waals surface area contributed by atoms with Gasteiger partial charge in [-0.05, 0) is 42.9 Å². The van der Waals surface area contributed by atoms with Crippen LogP contribution in [0.25, 0.3) is 0 Å². The molecule has 3 N–H and O–H groups in total. The number of nitrogens with one attached hydrogen (secondary N) is 1. The summed E-state index contributed by atoms with van der Waals surface area (Å²) in [5.41, 5.74) is 7.22. The van der Waals surface area contributed by atoms with Gasteiger partial charge in [-0.3, -0.25) is 0 Å². The van der Waals surface area contributed by atoms with E-state index in [4.69, 9.17) is 5.73 Å². The van der Waals surface area contributed by atoms with Crippen LogP contribution in [0.15, 0.2) is 11.4 Å². The van der Waals surface area contributed by atoms with Crippen molar-refractivity contribution in [1.29, 1.82) is 0 Å². The predicted octanol–water partition coefficient (Wildman–Crippen LogP) is 2.52. The summed E-state index contributed by atoms with van der Waals surface area (Å²) < 4.78 is 0. The molecule has 1 aromatic rings. The van der Waals surface area contributed by atoms with E-state index < -0.39 is 0 Å². The lowest BCUT2D eigenvalue weighted by Gasteiger charge is -2.26. The normalized spacial score (nSPS) is 14.1. The molecule has 0 bridgehead atoms. The third kappa shape index (κ3) is 3.58. The van der Waals surface area contributed by atoms with Crippen LogP contribution in [0.3, 0.4) is 0 Å².